The Labute approximate surface area is 165 Å². The van der Waals surface area contributed by atoms with Gasteiger partial charge >= 0.3 is 5.97 Å². The molecule has 6 heteroatoms. The zero-order valence-electron chi connectivity index (χ0n) is 16.9. The Balaban J connectivity index is 1.45. The van der Waals surface area contributed by atoms with Crippen LogP contribution >= 0.6 is 0 Å². The first kappa shape index (κ1) is 20.6. The molecule has 0 radical (unpaired) electrons. The second-order valence-electron chi connectivity index (χ2n) is 7.56. The molecule has 1 aromatic heterocycles. The highest BCUT2D eigenvalue weighted by Crippen LogP contribution is 2.26. The number of nitrogens with zero attached hydrogens (tertiary/aromatic N) is 1. The number of carboxylic acids is 1. The molecule has 0 amide bonds. The summed E-state index contributed by atoms with van der Waals surface area (Å²) < 4.78 is 16.6. The molecule has 1 aliphatic rings. The summed E-state index contributed by atoms with van der Waals surface area (Å²) >= 11 is 0. The number of hydrogen-bond acceptors (Lipinski definition) is 5. The van der Waals surface area contributed by atoms with Crippen LogP contribution in [0.15, 0.2) is 28.7 Å². The fourth-order valence-electron chi connectivity index (χ4n) is 3.33. The number of benzene rings is 1. The first-order chi connectivity index (χ1) is 13.4. The normalized spacial score (nSPS) is 22.3. The lowest BCUT2D eigenvalue weighted by molar-refractivity contribution is -0.271. The molecule has 0 aliphatic carbocycles. The fraction of sp³-hybridized carbons (Fsp3) is 0.545. The van der Waals surface area contributed by atoms with Crippen LogP contribution in [0.1, 0.15) is 50.1 Å². The number of aliphatic carboxylic acids is 1. The van der Waals surface area contributed by atoms with Crippen LogP contribution in [0.2, 0.25) is 0 Å². The fourth-order valence-corrected chi connectivity index (χ4v) is 3.33. The summed E-state index contributed by atoms with van der Waals surface area (Å²) in [5.41, 5.74) is 3.31. The summed E-state index contributed by atoms with van der Waals surface area (Å²) in [5, 5.41) is 9.09. The van der Waals surface area contributed by atoms with Crippen molar-refractivity contribution in [3.05, 3.63) is 41.3 Å². The summed E-state index contributed by atoms with van der Waals surface area (Å²) in [7, 11) is 0. The molecular formula is C22H29NO5. The number of hydrogen-bond donors (Lipinski definition) is 1. The molecule has 0 saturated carbocycles. The van der Waals surface area contributed by atoms with Gasteiger partial charge in [-0.15, -0.1) is 0 Å². The van der Waals surface area contributed by atoms with Crippen molar-refractivity contribution in [1.82, 2.24) is 4.98 Å². The summed E-state index contributed by atoms with van der Waals surface area (Å²) in [4.78, 5) is 15.8. The Morgan fingerprint density at radius 1 is 1.21 bits per heavy atom. The van der Waals surface area contributed by atoms with E-state index in [-0.39, 0.29) is 5.92 Å². The van der Waals surface area contributed by atoms with Crippen LogP contribution in [0.5, 0.6) is 0 Å². The van der Waals surface area contributed by atoms with Crippen molar-refractivity contribution in [2.24, 2.45) is 5.92 Å². The molecule has 1 aromatic carbocycles. The van der Waals surface area contributed by atoms with Gasteiger partial charge in [0.15, 0.2) is 0 Å². The number of carboxylic acid groups (broad SMARTS) is 1. The lowest BCUT2D eigenvalue weighted by Gasteiger charge is -2.34. The number of unbranched alkanes of at least 4 members (excludes halogenated alkanes) is 1. The minimum absolute atomic E-state index is 0.235. The van der Waals surface area contributed by atoms with Crippen molar-refractivity contribution >= 4 is 5.97 Å². The van der Waals surface area contributed by atoms with Crippen molar-refractivity contribution < 1.29 is 23.8 Å². The van der Waals surface area contributed by atoms with E-state index in [1.807, 2.05) is 6.92 Å². The average molecular weight is 387 g/mol. The third-order valence-electron chi connectivity index (χ3n) is 5.36. The maximum absolute atomic E-state index is 11.1. The molecular weight excluding hydrogens is 358 g/mol. The molecule has 1 fully saturated rings. The molecule has 28 heavy (non-hydrogen) atoms. The Hall–Kier alpha value is -2.18. The van der Waals surface area contributed by atoms with Crippen LogP contribution < -0.4 is 0 Å². The Morgan fingerprint density at radius 2 is 1.89 bits per heavy atom. The van der Waals surface area contributed by atoms with Gasteiger partial charge in [-0.3, -0.25) is 0 Å². The number of rotatable bonds is 8. The topological polar surface area (TPSA) is 81.8 Å². The summed E-state index contributed by atoms with van der Waals surface area (Å²) in [6, 6.07) is 8.33. The summed E-state index contributed by atoms with van der Waals surface area (Å²) in [6.45, 7) is 6.39. The molecule has 1 saturated heterocycles. The van der Waals surface area contributed by atoms with Gasteiger partial charge in [0.25, 0.3) is 5.79 Å². The molecule has 152 valence electrons. The van der Waals surface area contributed by atoms with E-state index in [1.54, 1.807) is 0 Å². The van der Waals surface area contributed by atoms with Crippen molar-refractivity contribution in [3.63, 3.8) is 0 Å². The van der Waals surface area contributed by atoms with Crippen LogP contribution in [0.25, 0.3) is 11.5 Å². The van der Waals surface area contributed by atoms with Crippen LogP contribution in [-0.4, -0.2) is 35.1 Å². The number of aromatic nitrogens is 1. The van der Waals surface area contributed by atoms with Gasteiger partial charge in [-0.05, 0) is 50.3 Å². The van der Waals surface area contributed by atoms with Gasteiger partial charge < -0.3 is 19.0 Å². The first-order valence-corrected chi connectivity index (χ1v) is 9.98. The van der Waals surface area contributed by atoms with E-state index in [2.05, 4.69) is 36.2 Å². The quantitative estimate of drug-likeness (QED) is 0.677. The van der Waals surface area contributed by atoms with Crippen LogP contribution in [-0.2, 0) is 27.1 Å². The second-order valence-corrected chi connectivity index (χ2v) is 7.56. The van der Waals surface area contributed by atoms with Crippen molar-refractivity contribution in [2.75, 3.05) is 13.2 Å². The molecule has 0 unspecified atom stereocenters. The van der Waals surface area contributed by atoms with E-state index in [1.165, 1.54) is 12.5 Å². The Bertz CT molecular complexity index is 788. The predicted molar refractivity (Wildman–Crippen MR) is 105 cm³/mol. The highest BCUT2D eigenvalue weighted by molar-refractivity contribution is 5.75. The van der Waals surface area contributed by atoms with Gasteiger partial charge in [-0.25, -0.2) is 9.78 Å². The average Bonchev–Trinajstić information content (AvgIpc) is 3.07. The smallest absolute Gasteiger partial charge is 0.364 e. The number of carbonyl (C=O) groups is 1. The molecule has 1 N–H and O–H groups in total. The maximum Gasteiger partial charge on any atom is 0.364 e. The molecule has 3 rings (SSSR count). The van der Waals surface area contributed by atoms with Gasteiger partial charge in [0.05, 0.1) is 18.9 Å². The maximum atomic E-state index is 11.1. The van der Waals surface area contributed by atoms with Gasteiger partial charge in [0, 0.05) is 18.4 Å². The zero-order chi connectivity index (χ0) is 20.1. The number of aryl methyl sites for hydroxylation is 3. The van der Waals surface area contributed by atoms with Gasteiger partial charge in [0.2, 0.25) is 5.89 Å². The lowest BCUT2D eigenvalue weighted by Crippen LogP contribution is -2.47. The summed E-state index contributed by atoms with van der Waals surface area (Å²) in [5.74, 6) is -0.792. The van der Waals surface area contributed by atoms with Crippen LogP contribution in [0.3, 0.4) is 0 Å². The Morgan fingerprint density at radius 3 is 2.50 bits per heavy atom. The third kappa shape index (κ3) is 4.80. The summed E-state index contributed by atoms with van der Waals surface area (Å²) in [6.07, 6.45) is 4.83. The minimum Gasteiger partial charge on any atom is -0.477 e. The number of ether oxygens (including phenoxy) is 2. The standard InChI is InChI=1S/C22H29NO5/c1-4-16-9-11-18(12-10-16)20-23-19(15(2)28-20)8-6-5-7-17-13-26-22(3,21(24)25)27-14-17/h9-12,17H,4-8,13-14H2,1-3H3,(H,24,25)/t17-,22+. The highest BCUT2D eigenvalue weighted by Gasteiger charge is 2.40. The van der Waals surface area contributed by atoms with E-state index in [0.717, 1.165) is 49.1 Å². The van der Waals surface area contributed by atoms with E-state index < -0.39 is 11.8 Å². The first-order valence-electron chi connectivity index (χ1n) is 9.98. The molecule has 2 heterocycles. The highest BCUT2D eigenvalue weighted by atomic mass is 16.7. The zero-order valence-corrected chi connectivity index (χ0v) is 16.9. The number of oxazole rings is 1. The van der Waals surface area contributed by atoms with E-state index in [4.69, 9.17) is 19.0 Å². The Kier molecular flexibility index (Phi) is 6.52. The molecule has 0 bridgehead atoms. The molecule has 2 aromatic rings. The van der Waals surface area contributed by atoms with Crippen LogP contribution in [0.4, 0.5) is 0 Å². The second kappa shape index (κ2) is 8.88. The van der Waals surface area contributed by atoms with Crippen molar-refractivity contribution in [1.29, 1.82) is 0 Å². The largest absolute Gasteiger partial charge is 0.477 e. The van der Waals surface area contributed by atoms with Crippen molar-refractivity contribution in [2.45, 2.75) is 58.7 Å². The molecule has 1 aliphatic heterocycles. The monoisotopic (exact) mass is 387 g/mol. The van der Waals surface area contributed by atoms with E-state index in [9.17, 15) is 4.79 Å². The minimum atomic E-state index is -1.50. The molecule has 0 atom stereocenters. The van der Waals surface area contributed by atoms with E-state index in [0.29, 0.717) is 19.1 Å². The van der Waals surface area contributed by atoms with Gasteiger partial charge in [0.1, 0.15) is 5.76 Å². The molecule has 0 spiro atoms. The van der Waals surface area contributed by atoms with Crippen LogP contribution in [0, 0.1) is 12.8 Å². The van der Waals surface area contributed by atoms with Gasteiger partial charge in [-0.2, -0.15) is 0 Å². The predicted octanol–water partition coefficient (Wildman–Crippen LogP) is 4.39. The molecule has 6 nitrogen and oxygen atoms in total. The van der Waals surface area contributed by atoms with E-state index >= 15 is 0 Å². The lowest BCUT2D eigenvalue weighted by atomic mass is 10.0. The van der Waals surface area contributed by atoms with Gasteiger partial charge in [-0.1, -0.05) is 25.5 Å². The van der Waals surface area contributed by atoms with Crippen molar-refractivity contribution in [3.8, 4) is 11.5 Å². The third-order valence-corrected chi connectivity index (χ3v) is 5.36. The SMILES string of the molecule is CCc1ccc(-c2nc(CCCC[C@H]3CO[C@@](C)(C(=O)O)OC3)c(C)o2)cc1.